The Morgan fingerprint density at radius 1 is 1.18 bits per heavy atom. The molecule has 0 atom stereocenters. The lowest BCUT2D eigenvalue weighted by Crippen LogP contribution is -2.20. The second-order valence-corrected chi connectivity index (χ2v) is 3.41. The Balaban J connectivity index is 0. The van der Waals surface area contributed by atoms with E-state index >= 15 is 0 Å². The van der Waals surface area contributed by atoms with Crippen molar-refractivity contribution in [1.82, 2.24) is 5.32 Å². The summed E-state index contributed by atoms with van der Waals surface area (Å²) in [4.78, 5) is 11.2. The zero-order chi connectivity index (χ0) is 13.7. The normalized spacial score (nSPS) is 15.3. The molecule has 0 saturated heterocycles. The van der Waals surface area contributed by atoms with Crippen molar-refractivity contribution in [3.8, 4) is 0 Å². The average molecular weight is 239 g/mol. The molecule has 1 N–H and O–H groups in total. The molecule has 2 heteroatoms. The van der Waals surface area contributed by atoms with Gasteiger partial charge in [-0.3, -0.25) is 4.79 Å². The molecule has 0 unspecified atom stereocenters. The van der Waals surface area contributed by atoms with E-state index < -0.39 is 0 Å². The lowest BCUT2D eigenvalue weighted by Gasteiger charge is -2.04. The quantitative estimate of drug-likeness (QED) is 0.751. The van der Waals surface area contributed by atoms with Crippen molar-refractivity contribution in [2.24, 2.45) is 0 Å². The van der Waals surface area contributed by atoms with E-state index in [0.717, 1.165) is 25.0 Å². The van der Waals surface area contributed by atoms with E-state index in [0.29, 0.717) is 6.42 Å². The van der Waals surface area contributed by atoms with Crippen LogP contribution in [0, 0.1) is 0 Å². The van der Waals surface area contributed by atoms with Gasteiger partial charge in [-0.15, -0.1) is 0 Å². The Morgan fingerprint density at radius 3 is 2.29 bits per heavy atom. The summed E-state index contributed by atoms with van der Waals surface area (Å²) in [5, 5.41) is 2.92. The molecule has 0 aliphatic carbocycles. The van der Waals surface area contributed by atoms with Crippen LogP contribution in [-0.2, 0) is 4.79 Å². The molecule has 2 nitrogen and oxygen atoms in total. The number of allylic oxidation sites excluding steroid dienone is 3. The van der Waals surface area contributed by atoms with E-state index in [1.165, 1.54) is 5.57 Å². The molecule has 0 aromatic heterocycles. The van der Waals surface area contributed by atoms with Gasteiger partial charge in [0.25, 0.3) is 0 Å². The van der Waals surface area contributed by atoms with Gasteiger partial charge in [-0.05, 0) is 37.8 Å². The highest BCUT2D eigenvalue weighted by molar-refractivity contribution is 5.79. The topological polar surface area (TPSA) is 29.1 Å². The zero-order valence-electron chi connectivity index (χ0n) is 12.4. The standard InChI is InChI=1S/C11H17NO.2C2H6/c1-3-4-7-10-9(2)6-5-8-11(13)12-10;2*1-2/h4,7H,3,5-6,8H2,1-2H3,(H,12,13);2*1-2H3/b7-4-;;. The van der Waals surface area contributed by atoms with Crippen molar-refractivity contribution in [3.05, 3.63) is 23.4 Å². The van der Waals surface area contributed by atoms with Crippen LogP contribution in [0.2, 0.25) is 0 Å². The van der Waals surface area contributed by atoms with Gasteiger partial charge in [0, 0.05) is 12.1 Å². The summed E-state index contributed by atoms with van der Waals surface area (Å²) in [7, 11) is 0. The molecule has 1 heterocycles. The number of amides is 1. The van der Waals surface area contributed by atoms with E-state index in [-0.39, 0.29) is 5.91 Å². The molecule has 0 bridgehead atoms. The van der Waals surface area contributed by atoms with Crippen LogP contribution in [0.5, 0.6) is 0 Å². The third-order valence-electron chi connectivity index (χ3n) is 2.21. The molecule has 1 amide bonds. The fraction of sp³-hybridized carbons (Fsp3) is 0.667. The molecule has 0 spiro atoms. The van der Waals surface area contributed by atoms with Gasteiger partial charge in [0.15, 0.2) is 0 Å². The van der Waals surface area contributed by atoms with E-state index in [9.17, 15) is 4.79 Å². The van der Waals surface area contributed by atoms with E-state index in [2.05, 4.69) is 25.2 Å². The summed E-state index contributed by atoms with van der Waals surface area (Å²) in [6.07, 6.45) is 7.75. The maximum atomic E-state index is 11.2. The number of rotatable bonds is 2. The summed E-state index contributed by atoms with van der Waals surface area (Å²) < 4.78 is 0. The molecular formula is C15H29NO. The first kappa shape index (κ1) is 18.3. The zero-order valence-corrected chi connectivity index (χ0v) is 12.4. The molecule has 100 valence electrons. The SMILES string of the molecule is CC.CC.CC/C=C\C1=C(C)CCCC(=O)N1. The molecule has 17 heavy (non-hydrogen) atoms. The number of nitrogens with one attached hydrogen (secondary N) is 1. The van der Waals surface area contributed by atoms with Crippen molar-refractivity contribution >= 4 is 5.91 Å². The van der Waals surface area contributed by atoms with Gasteiger partial charge in [-0.25, -0.2) is 0 Å². The summed E-state index contributed by atoms with van der Waals surface area (Å²) in [6.45, 7) is 12.2. The number of hydrogen-bond donors (Lipinski definition) is 1. The minimum absolute atomic E-state index is 0.146. The van der Waals surface area contributed by atoms with Crippen molar-refractivity contribution < 1.29 is 4.79 Å². The fourth-order valence-electron chi connectivity index (χ4n) is 1.39. The van der Waals surface area contributed by atoms with E-state index in [1.54, 1.807) is 0 Å². The first-order valence-corrected chi connectivity index (χ1v) is 6.90. The Hall–Kier alpha value is -1.05. The van der Waals surface area contributed by atoms with Gasteiger partial charge in [0.05, 0.1) is 0 Å². The van der Waals surface area contributed by atoms with Crippen molar-refractivity contribution in [3.63, 3.8) is 0 Å². The van der Waals surface area contributed by atoms with Crippen LogP contribution in [0.3, 0.4) is 0 Å². The van der Waals surface area contributed by atoms with Crippen LogP contribution in [0.15, 0.2) is 23.4 Å². The van der Waals surface area contributed by atoms with E-state index in [4.69, 9.17) is 0 Å². The minimum Gasteiger partial charge on any atom is -0.326 e. The average Bonchev–Trinajstić information content (AvgIpc) is 2.54. The maximum absolute atomic E-state index is 11.2. The van der Waals surface area contributed by atoms with Crippen molar-refractivity contribution in [2.45, 2.75) is 67.2 Å². The van der Waals surface area contributed by atoms with Crippen LogP contribution in [0.1, 0.15) is 67.2 Å². The van der Waals surface area contributed by atoms with E-state index in [1.807, 2.05) is 33.8 Å². The summed E-state index contributed by atoms with van der Waals surface area (Å²) in [5.41, 5.74) is 2.29. The molecule has 1 aliphatic heterocycles. The second-order valence-electron chi connectivity index (χ2n) is 3.41. The van der Waals surface area contributed by atoms with Crippen molar-refractivity contribution in [2.75, 3.05) is 0 Å². The highest BCUT2D eigenvalue weighted by atomic mass is 16.1. The molecule has 1 rings (SSSR count). The lowest BCUT2D eigenvalue weighted by molar-refractivity contribution is -0.120. The van der Waals surface area contributed by atoms with Crippen LogP contribution in [-0.4, -0.2) is 5.91 Å². The molecule has 0 aromatic carbocycles. The van der Waals surface area contributed by atoms with Crippen LogP contribution >= 0.6 is 0 Å². The van der Waals surface area contributed by atoms with Crippen LogP contribution in [0.25, 0.3) is 0 Å². The third-order valence-corrected chi connectivity index (χ3v) is 2.21. The van der Waals surface area contributed by atoms with Gasteiger partial charge in [-0.2, -0.15) is 0 Å². The van der Waals surface area contributed by atoms with Gasteiger partial charge in [-0.1, -0.05) is 40.7 Å². The Bertz CT molecular complexity index is 252. The Labute approximate surface area is 107 Å². The van der Waals surface area contributed by atoms with Gasteiger partial charge in [0.1, 0.15) is 0 Å². The highest BCUT2D eigenvalue weighted by Gasteiger charge is 2.10. The van der Waals surface area contributed by atoms with Crippen molar-refractivity contribution in [1.29, 1.82) is 0 Å². The summed E-state index contributed by atoms with van der Waals surface area (Å²) in [5.74, 6) is 0.146. The van der Waals surface area contributed by atoms with Gasteiger partial charge >= 0.3 is 0 Å². The second kappa shape index (κ2) is 13.0. The summed E-state index contributed by atoms with van der Waals surface area (Å²) >= 11 is 0. The molecule has 0 aromatic rings. The first-order valence-electron chi connectivity index (χ1n) is 6.90. The lowest BCUT2D eigenvalue weighted by atomic mass is 10.1. The molecule has 1 aliphatic rings. The monoisotopic (exact) mass is 239 g/mol. The summed E-state index contributed by atoms with van der Waals surface area (Å²) in [6, 6.07) is 0. The Kier molecular flexibility index (Phi) is 14.0. The predicted molar refractivity (Wildman–Crippen MR) is 76.8 cm³/mol. The first-order chi connectivity index (χ1) is 8.24. The maximum Gasteiger partial charge on any atom is 0.224 e. The predicted octanol–water partition coefficient (Wildman–Crippen LogP) is 4.58. The van der Waals surface area contributed by atoms with Gasteiger partial charge < -0.3 is 5.32 Å². The molecule has 0 fully saturated rings. The smallest absolute Gasteiger partial charge is 0.224 e. The van der Waals surface area contributed by atoms with Crippen LogP contribution in [0.4, 0.5) is 0 Å². The van der Waals surface area contributed by atoms with Gasteiger partial charge in [0.2, 0.25) is 5.91 Å². The number of carbonyl (C=O) groups excluding carboxylic acids is 1. The number of carbonyl (C=O) groups is 1. The highest BCUT2D eigenvalue weighted by Crippen LogP contribution is 2.15. The number of hydrogen-bond acceptors (Lipinski definition) is 1. The van der Waals surface area contributed by atoms with Crippen LogP contribution < -0.4 is 5.32 Å². The fourth-order valence-corrected chi connectivity index (χ4v) is 1.39. The Morgan fingerprint density at radius 2 is 1.76 bits per heavy atom. The minimum atomic E-state index is 0.146. The molecular weight excluding hydrogens is 210 g/mol. The molecule has 0 saturated carbocycles. The third kappa shape index (κ3) is 8.73. The largest absolute Gasteiger partial charge is 0.326 e. The molecule has 0 radical (unpaired) electrons.